The van der Waals surface area contributed by atoms with Gasteiger partial charge in [0.05, 0.1) is 12.8 Å². The third-order valence-corrected chi connectivity index (χ3v) is 2.67. The average molecular weight is 239 g/mol. The summed E-state index contributed by atoms with van der Waals surface area (Å²) in [5, 5.41) is 4.27. The molecule has 0 bridgehead atoms. The van der Waals surface area contributed by atoms with Gasteiger partial charge in [-0.15, -0.1) is 0 Å². The van der Waals surface area contributed by atoms with Gasteiger partial charge in [-0.1, -0.05) is 6.92 Å². The highest BCUT2D eigenvalue weighted by atomic mass is 16.5. The average Bonchev–Trinajstić information content (AvgIpc) is 2.62. The van der Waals surface area contributed by atoms with Gasteiger partial charge in [0.25, 0.3) is 0 Å². The van der Waals surface area contributed by atoms with Crippen molar-refractivity contribution in [2.45, 2.75) is 46.2 Å². The zero-order valence-electron chi connectivity index (χ0n) is 10.8. The monoisotopic (exact) mass is 239 g/mol. The minimum absolute atomic E-state index is 0.352. The van der Waals surface area contributed by atoms with Gasteiger partial charge in [-0.2, -0.15) is 5.10 Å². The van der Waals surface area contributed by atoms with Crippen molar-refractivity contribution < 1.29 is 9.53 Å². The van der Waals surface area contributed by atoms with E-state index in [1.54, 1.807) is 13.1 Å². The van der Waals surface area contributed by atoms with Crippen molar-refractivity contribution in [1.82, 2.24) is 9.78 Å². The van der Waals surface area contributed by atoms with Crippen LogP contribution in [0.3, 0.4) is 0 Å². The van der Waals surface area contributed by atoms with Crippen LogP contribution in [0.4, 0.5) is 0 Å². The summed E-state index contributed by atoms with van der Waals surface area (Å²) in [5.74, 6) is -0.352. The molecule has 0 aromatic carbocycles. The van der Waals surface area contributed by atoms with E-state index in [0.717, 1.165) is 24.2 Å². The molecule has 0 fully saturated rings. The van der Waals surface area contributed by atoms with E-state index >= 15 is 0 Å². The van der Waals surface area contributed by atoms with Crippen LogP contribution in [0, 0.1) is 6.92 Å². The summed E-state index contributed by atoms with van der Waals surface area (Å²) in [6.07, 6.45) is 3.30. The van der Waals surface area contributed by atoms with E-state index in [0.29, 0.717) is 13.0 Å². The lowest BCUT2D eigenvalue weighted by atomic mass is 10.1. The first-order valence-corrected chi connectivity index (χ1v) is 6.03. The molecule has 2 N–H and O–H groups in total. The molecule has 17 heavy (non-hydrogen) atoms. The number of ether oxygens (including phenoxy) is 1. The van der Waals surface area contributed by atoms with Gasteiger partial charge in [0.2, 0.25) is 0 Å². The Morgan fingerprint density at radius 3 is 2.88 bits per heavy atom. The smallest absolute Gasteiger partial charge is 0.323 e. The summed E-state index contributed by atoms with van der Waals surface area (Å²) in [7, 11) is 0. The van der Waals surface area contributed by atoms with Crippen LogP contribution in [0.2, 0.25) is 0 Å². The highest BCUT2D eigenvalue weighted by Crippen LogP contribution is 2.10. The molecule has 0 spiro atoms. The molecule has 0 aliphatic rings. The van der Waals surface area contributed by atoms with Gasteiger partial charge in [-0.3, -0.25) is 9.48 Å². The molecular formula is C12H21N3O2. The number of hydrogen-bond donors (Lipinski definition) is 1. The lowest BCUT2D eigenvalue weighted by Gasteiger charge is -2.10. The second kappa shape index (κ2) is 6.39. The van der Waals surface area contributed by atoms with Crippen molar-refractivity contribution in [2.75, 3.05) is 6.61 Å². The Hall–Kier alpha value is -1.36. The quantitative estimate of drug-likeness (QED) is 0.753. The molecule has 1 unspecified atom stereocenters. The van der Waals surface area contributed by atoms with Gasteiger partial charge in [0.1, 0.15) is 6.04 Å². The second-order valence-corrected chi connectivity index (χ2v) is 4.04. The van der Waals surface area contributed by atoms with Gasteiger partial charge in [0, 0.05) is 18.7 Å². The van der Waals surface area contributed by atoms with Crippen molar-refractivity contribution in [3.8, 4) is 0 Å². The summed E-state index contributed by atoms with van der Waals surface area (Å²) >= 11 is 0. The predicted octanol–water partition coefficient (Wildman–Crippen LogP) is 1.03. The van der Waals surface area contributed by atoms with Crippen LogP contribution in [0.25, 0.3) is 0 Å². The van der Waals surface area contributed by atoms with Gasteiger partial charge >= 0.3 is 5.97 Å². The molecule has 1 aromatic rings. The molecule has 5 nitrogen and oxygen atoms in total. The van der Waals surface area contributed by atoms with Crippen molar-refractivity contribution >= 4 is 5.97 Å². The summed E-state index contributed by atoms with van der Waals surface area (Å²) in [6.45, 7) is 7.12. The number of aromatic nitrogens is 2. The summed E-state index contributed by atoms with van der Waals surface area (Å²) in [6, 6.07) is -0.604. The van der Waals surface area contributed by atoms with Crippen molar-refractivity contribution in [3.05, 3.63) is 17.5 Å². The zero-order chi connectivity index (χ0) is 12.8. The number of hydrogen-bond acceptors (Lipinski definition) is 4. The number of rotatable bonds is 6. The highest BCUT2D eigenvalue weighted by molar-refractivity contribution is 5.75. The highest BCUT2D eigenvalue weighted by Gasteiger charge is 2.17. The first-order valence-electron chi connectivity index (χ1n) is 6.03. The third-order valence-electron chi connectivity index (χ3n) is 2.67. The maximum Gasteiger partial charge on any atom is 0.323 e. The molecule has 0 saturated carbocycles. The number of nitrogens with two attached hydrogens (primary N) is 1. The first-order chi connectivity index (χ1) is 8.10. The second-order valence-electron chi connectivity index (χ2n) is 4.04. The number of carbonyl (C=O) groups excluding carboxylic acids is 1. The third kappa shape index (κ3) is 3.56. The van der Waals surface area contributed by atoms with Crippen LogP contribution >= 0.6 is 0 Å². The van der Waals surface area contributed by atoms with Gasteiger partial charge in [0.15, 0.2) is 0 Å². The van der Waals surface area contributed by atoms with Crippen LogP contribution in [-0.2, 0) is 22.5 Å². The van der Waals surface area contributed by atoms with Crippen LogP contribution in [-0.4, -0.2) is 28.4 Å². The fourth-order valence-corrected chi connectivity index (χ4v) is 1.69. The van der Waals surface area contributed by atoms with Gasteiger partial charge in [-0.05, 0) is 25.8 Å². The van der Waals surface area contributed by atoms with E-state index in [1.807, 2.05) is 11.6 Å². The Balaban J connectivity index is 2.65. The Kier molecular flexibility index (Phi) is 5.15. The minimum atomic E-state index is -0.604. The molecule has 1 aromatic heterocycles. The summed E-state index contributed by atoms with van der Waals surface area (Å²) in [5.41, 5.74) is 7.86. The molecule has 0 amide bonds. The fraction of sp³-hybridized carbons (Fsp3) is 0.667. The largest absolute Gasteiger partial charge is 0.465 e. The van der Waals surface area contributed by atoms with E-state index < -0.39 is 6.04 Å². The SMILES string of the molecule is CCCn1ncc(CC(N)C(=O)OCC)c1C. The molecule has 1 atom stereocenters. The molecular weight excluding hydrogens is 218 g/mol. The van der Waals surface area contributed by atoms with E-state index in [4.69, 9.17) is 10.5 Å². The number of carbonyl (C=O) groups is 1. The molecule has 0 aliphatic carbocycles. The number of esters is 1. The Morgan fingerprint density at radius 2 is 2.29 bits per heavy atom. The lowest BCUT2D eigenvalue weighted by Crippen LogP contribution is -2.34. The molecule has 1 heterocycles. The molecule has 1 rings (SSSR count). The predicted molar refractivity (Wildman–Crippen MR) is 65.6 cm³/mol. The molecule has 0 saturated heterocycles. The van der Waals surface area contributed by atoms with Gasteiger partial charge < -0.3 is 10.5 Å². The molecule has 96 valence electrons. The van der Waals surface area contributed by atoms with Crippen LogP contribution in [0.5, 0.6) is 0 Å². The van der Waals surface area contributed by atoms with Crippen LogP contribution in [0.15, 0.2) is 6.20 Å². The fourth-order valence-electron chi connectivity index (χ4n) is 1.69. The zero-order valence-corrected chi connectivity index (χ0v) is 10.8. The number of nitrogens with zero attached hydrogens (tertiary/aromatic N) is 2. The van der Waals surface area contributed by atoms with E-state index in [-0.39, 0.29) is 5.97 Å². The topological polar surface area (TPSA) is 70.1 Å². The van der Waals surface area contributed by atoms with Crippen molar-refractivity contribution in [2.24, 2.45) is 5.73 Å². The maximum atomic E-state index is 11.4. The molecule has 0 aliphatic heterocycles. The summed E-state index contributed by atoms with van der Waals surface area (Å²) in [4.78, 5) is 11.4. The normalized spacial score (nSPS) is 12.5. The van der Waals surface area contributed by atoms with Crippen LogP contribution < -0.4 is 5.73 Å². The Morgan fingerprint density at radius 1 is 1.59 bits per heavy atom. The Labute approximate surface area is 102 Å². The van der Waals surface area contributed by atoms with Gasteiger partial charge in [-0.25, -0.2) is 0 Å². The first kappa shape index (κ1) is 13.7. The van der Waals surface area contributed by atoms with Crippen molar-refractivity contribution in [1.29, 1.82) is 0 Å². The molecule has 5 heteroatoms. The van der Waals surface area contributed by atoms with E-state index in [1.165, 1.54) is 0 Å². The maximum absolute atomic E-state index is 11.4. The van der Waals surface area contributed by atoms with E-state index in [9.17, 15) is 4.79 Å². The Bertz CT molecular complexity index is 374. The molecule has 0 radical (unpaired) electrons. The lowest BCUT2D eigenvalue weighted by molar-refractivity contribution is -0.144. The van der Waals surface area contributed by atoms with Crippen LogP contribution in [0.1, 0.15) is 31.5 Å². The number of aryl methyl sites for hydroxylation is 1. The van der Waals surface area contributed by atoms with Crippen molar-refractivity contribution in [3.63, 3.8) is 0 Å². The minimum Gasteiger partial charge on any atom is -0.465 e. The van der Waals surface area contributed by atoms with E-state index in [2.05, 4.69) is 12.0 Å². The summed E-state index contributed by atoms with van der Waals surface area (Å²) < 4.78 is 6.82. The standard InChI is InChI=1S/C12H21N3O2/c1-4-6-15-9(3)10(8-14-15)7-11(13)12(16)17-5-2/h8,11H,4-7,13H2,1-3H3.